The summed E-state index contributed by atoms with van der Waals surface area (Å²) in [4.78, 5) is 10.4. The van der Waals surface area contributed by atoms with Crippen LogP contribution in [0.3, 0.4) is 0 Å². The molecule has 3 nitrogen and oxygen atoms in total. The van der Waals surface area contributed by atoms with Gasteiger partial charge in [-0.3, -0.25) is 0 Å². The van der Waals surface area contributed by atoms with Gasteiger partial charge in [-0.05, 0) is 18.2 Å². The second-order valence-electron chi connectivity index (χ2n) is 2.61. The highest BCUT2D eigenvalue weighted by Crippen LogP contribution is 2.33. The molecule has 15 heavy (non-hydrogen) atoms. The molecule has 0 aromatic heterocycles. The Morgan fingerprint density at radius 1 is 1.40 bits per heavy atom. The van der Waals surface area contributed by atoms with E-state index in [0.717, 1.165) is 12.1 Å². The fourth-order valence-electron chi connectivity index (χ4n) is 0.893. The molecular weight excluding hydrogens is 233 g/mol. The minimum Gasteiger partial charge on any atom is -0.350 e. The molecule has 0 atom stereocenters. The second kappa shape index (κ2) is 3.98. The number of alkyl halides is 3. The number of benzene rings is 1. The van der Waals surface area contributed by atoms with Gasteiger partial charge in [0.2, 0.25) is 0 Å². The van der Waals surface area contributed by atoms with E-state index in [9.17, 15) is 18.0 Å². The van der Waals surface area contributed by atoms with E-state index in [1.165, 1.54) is 0 Å². The van der Waals surface area contributed by atoms with Crippen LogP contribution in [-0.4, -0.2) is 6.03 Å². The van der Waals surface area contributed by atoms with Crippen LogP contribution in [0.25, 0.3) is 0 Å². The third-order valence-corrected chi connectivity index (χ3v) is 1.82. The molecule has 0 unspecified atom stereocenters. The smallest absolute Gasteiger partial charge is 0.350 e. The van der Waals surface area contributed by atoms with Gasteiger partial charge in [0, 0.05) is 0 Å². The molecule has 1 aromatic carbocycles. The van der Waals surface area contributed by atoms with E-state index in [-0.39, 0.29) is 10.7 Å². The Morgan fingerprint density at radius 2 is 2.00 bits per heavy atom. The summed E-state index contributed by atoms with van der Waals surface area (Å²) in [5, 5.41) is 3.07. The molecule has 2 amide bonds. The molecular formula is C8H5ClF3N2O. The van der Waals surface area contributed by atoms with Gasteiger partial charge in [0.15, 0.2) is 0 Å². The number of urea groups is 1. The molecule has 0 aliphatic rings. The number of halogens is 4. The summed E-state index contributed by atoms with van der Waals surface area (Å²) in [6.07, 6.45) is -4.51. The van der Waals surface area contributed by atoms with Gasteiger partial charge in [0.25, 0.3) is 0 Å². The number of carbonyl (C=O) groups is 1. The van der Waals surface area contributed by atoms with Gasteiger partial charge in [-0.1, -0.05) is 11.6 Å². The molecule has 0 spiro atoms. The van der Waals surface area contributed by atoms with E-state index < -0.39 is 17.8 Å². The Hall–Kier alpha value is -1.43. The van der Waals surface area contributed by atoms with Crippen LogP contribution in [0.15, 0.2) is 18.2 Å². The van der Waals surface area contributed by atoms with Crippen LogP contribution in [-0.2, 0) is 6.18 Å². The normalized spacial score (nSPS) is 11.2. The first kappa shape index (κ1) is 11.6. The SMILES string of the molecule is NC(=O)[N]c1cc(C(F)(F)F)ccc1Cl. The highest BCUT2D eigenvalue weighted by atomic mass is 35.5. The minimum absolute atomic E-state index is 0.0678. The Morgan fingerprint density at radius 3 is 2.47 bits per heavy atom. The monoisotopic (exact) mass is 237 g/mol. The molecule has 0 fully saturated rings. The first-order chi connectivity index (χ1) is 6.80. The molecule has 0 heterocycles. The van der Waals surface area contributed by atoms with Crippen LogP contribution in [0.2, 0.25) is 5.02 Å². The third-order valence-electron chi connectivity index (χ3n) is 1.50. The standard InChI is InChI=1S/C8H5ClF3N2O/c9-5-2-1-4(8(10,11)12)3-6(5)14-7(13)15/h1-3H,(H2,13,15). The molecule has 0 aliphatic heterocycles. The zero-order chi connectivity index (χ0) is 11.6. The van der Waals surface area contributed by atoms with Crippen LogP contribution < -0.4 is 11.1 Å². The van der Waals surface area contributed by atoms with E-state index in [0.29, 0.717) is 6.07 Å². The summed E-state index contributed by atoms with van der Waals surface area (Å²) in [7, 11) is 0. The van der Waals surface area contributed by atoms with Crippen LogP contribution in [0.1, 0.15) is 5.56 Å². The predicted octanol–water partition coefficient (Wildman–Crippen LogP) is 2.67. The average molecular weight is 238 g/mol. The fourth-order valence-corrected chi connectivity index (χ4v) is 1.05. The number of hydrogen-bond donors (Lipinski definition) is 1. The Balaban J connectivity index is 3.11. The number of nitrogens with two attached hydrogens (primary N) is 1. The van der Waals surface area contributed by atoms with Crippen molar-refractivity contribution < 1.29 is 18.0 Å². The molecule has 2 N–H and O–H groups in total. The largest absolute Gasteiger partial charge is 0.416 e. The summed E-state index contributed by atoms with van der Waals surface area (Å²) in [6, 6.07) is 1.36. The first-order valence-corrected chi connectivity index (χ1v) is 4.06. The summed E-state index contributed by atoms with van der Waals surface area (Å²) in [5.41, 5.74) is 3.48. The summed E-state index contributed by atoms with van der Waals surface area (Å²) >= 11 is 5.52. The lowest BCUT2D eigenvalue weighted by atomic mass is 10.2. The van der Waals surface area contributed by atoms with Gasteiger partial charge in [-0.2, -0.15) is 18.5 Å². The lowest BCUT2D eigenvalue weighted by Crippen LogP contribution is -2.19. The van der Waals surface area contributed by atoms with Crippen molar-refractivity contribution in [1.29, 1.82) is 0 Å². The molecule has 1 rings (SSSR count). The van der Waals surface area contributed by atoms with Crippen LogP contribution in [0.5, 0.6) is 0 Å². The van der Waals surface area contributed by atoms with Gasteiger partial charge < -0.3 is 5.73 Å². The van der Waals surface area contributed by atoms with Crippen molar-refractivity contribution >= 4 is 23.3 Å². The average Bonchev–Trinajstić information content (AvgIpc) is 2.06. The summed E-state index contributed by atoms with van der Waals surface area (Å²) < 4.78 is 36.7. The molecule has 0 saturated heterocycles. The van der Waals surface area contributed by atoms with E-state index >= 15 is 0 Å². The van der Waals surface area contributed by atoms with Crippen molar-refractivity contribution in [2.45, 2.75) is 6.18 Å². The molecule has 81 valence electrons. The third kappa shape index (κ3) is 3.02. The van der Waals surface area contributed by atoms with Gasteiger partial charge in [-0.15, -0.1) is 0 Å². The summed E-state index contributed by atoms with van der Waals surface area (Å²) in [5.74, 6) is 0. The van der Waals surface area contributed by atoms with Gasteiger partial charge in [0.1, 0.15) is 0 Å². The highest BCUT2D eigenvalue weighted by molar-refractivity contribution is 6.33. The van der Waals surface area contributed by atoms with Gasteiger partial charge in [-0.25, -0.2) is 4.79 Å². The minimum atomic E-state index is -4.51. The van der Waals surface area contributed by atoms with Gasteiger partial charge >= 0.3 is 12.2 Å². The Labute approximate surface area is 88.0 Å². The Bertz CT molecular complexity index is 392. The van der Waals surface area contributed by atoms with E-state index in [2.05, 4.69) is 5.32 Å². The highest BCUT2D eigenvalue weighted by Gasteiger charge is 2.31. The van der Waals surface area contributed by atoms with Crippen molar-refractivity contribution in [1.82, 2.24) is 5.32 Å². The van der Waals surface area contributed by atoms with Crippen molar-refractivity contribution in [3.05, 3.63) is 28.8 Å². The van der Waals surface area contributed by atoms with Crippen molar-refractivity contribution in [3.8, 4) is 0 Å². The quantitative estimate of drug-likeness (QED) is 0.802. The fraction of sp³-hybridized carbons (Fsp3) is 0.125. The maximum absolute atomic E-state index is 12.2. The maximum atomic E-state index is 12.2. The topological polar surface area (TPSA) is 57.2 Å². The molecule has 1 radical (unpaired) electrons. The van der Waals surface area contributed by atoms with Crippen molar-refractivity contribution in [2.24, 2.45) is 5.73 Å². The second-order valence-corrected chi connectivity index (χ2v) is 3.02. The van der Waals surface area contributed by atoms with E-state index in [4.69, 9.17) is 17.3 Å². The van der Waals surface area contributed by atoms with Crippen molar-refractivity contribution in [2.75, 3.05) is 0 Å². The molecule has 1 aromatic rings. The Kier molecular flexibility index (Phi) is 3.09. The van der Waals surface area contributed by atoms with Crippen LogP contribution in [0.4, 0.5) is 23.7 Å². The lowest BCUT2D eigenvalue weighted by molar-refractivity contribution is -0.137. The zero-order valence-corrected chi connectivity index (χ0v) is 7.93. The number of rotatable bonds is 1. The molecule has 0 bridgehead atoms. The number of carbonyl (C=O) groups excluding carboxylic acids is 1. The van der Waals surface area contributed by atoms with E-state index in [1.54, 1.807) is 0 Å². The first-order valence-electron chi connectivity index (χ1n) is 3.68. The maximum Gasteiger partial charge on any atom is 0.416 e. The number of amides is 2. The summed E-state index contributed by atoms with van der Waals surface area (Å²) in [6.45, 7) is 0. The predicted molar refractivity (Wildman–Crippen MR) is 47.8 cm³/mol. The molecule has 0 aliphatic carbocycles. The van der Waals surface area contributed by atoms with Crippen LogP contribution in [0, 0.1) is 0 Å². The van der Waals surface area contributed by atoms with Crippen molar-refractivity contribution in [3.63, 3.8) is 0 Å². The lowest BCUT2D eigenvalue weighted by Gasteiger charge is -2.08. The molecule has 0 saturated carbocycles. The molecule has 7 heteroatoms. The zero-order valence-electron chi connectivity index (χ0n) is 7.18. The number of primary amides is 1. The van der Waals surface area contributed by atoms with E-state index in [1.807, 2.05) is 0 Å². The van der Waals surface area contributed by atoms with Gasteiger partial charge in [0.05, 0.1) is 16.3 Å². The van der Waals surface area contributed by atoms with Crippen LogP contribution >= 0.6 is 11.6 Å². The number of nitrogens with zero attached hydrogens (tertiary/aromatic N) is 1. The number of hydrogen-bond acceptors (Lipinski definition) is 1.